The molecule has 0 heterocycles. The van der Waals surface area contributed by atoms with Gasteiger partial charge in [0, 0.05) is 18.2 Å². The second-order valence-corrected chi connectivity index (χ2v) is 4.48. The van der Waals surface area contributed by atoms with Crippen molar-refractivity contribution in [1.29, 1.82) is 0 Å². The van der Waals surface area contributed by atoms with E-state index in [2.05, 4.69) is 5.32 Å². The largest absolute Gasteiger partial charge is 0.373 e. The monoisotopic (exact) mass is 269 g/mol. The smallest absolute Gasteiger partial charge is 0.221 e. The van der Waals surface area contributed by atoms with Crippen LogP contribution in [0.3, 0.4) is 0 Å². The van der Waals surface area contributed by atoms with Crippen LogP contribution in [0.2, 0.25) is 0 Å². The molecule has 0 saturated heterocycles. The number of hydrogen-bond donors (Lipinski definition) is 2. The first-order valence-electron chi connectivity index (χ1n) is 6.19. The van der Waals surface area contributed by atoms with E-state index in [1.807, 2.05) is 0 Å². The van der Waals surface area contributed by atoms with E-state index in [1.165, 1.54) is 6.92 Å². The molecule has 0 aliphatic heterocycles. The van der Waals surface area contributed by atoms with Crippen LogP contribution in [-0.2, 0) is 15.2 Å². The Morgan fingerprint density at radius 3 is 2.30 bits per heavy atom. The molecule has 4 heteroatoms. The van der Waals surface area contributed by atoms with E-state index in [0.717, 1.165) is 0 Å². The van der Waals surface area contributed by atoms with Gasteiger partial charge >= 0.3 is 0 Å². The number of carbonyl (C=O) groups excluding carboxylic acids is 2. The van der Waals surface area contributed by atoms with Crippen LogP contribution in [0, 0.1) is 0 Å². The van der Waals surface area contributed by atoms with Crippen molar-refractivity contribution in [2.24, 2.45) is 0 Å². The molecule has 0 aromatic heterocycles. The van der Waals surface area contributed by atoms with Gasteiger partial charge in [-0.2, -0.15) is 0 Å². The second-order valence-electron chi connectivity index (χ2n) is 4.48. The Labute approximate surface area is 117 Å². The number of aliphatic hydroxyl groups is 1. The zero-order chi connectivity index (χ0) is 14.6. The van der Waals surface area contributed by atoms with Crippen molar-refractivity contribution in [2.75, 3.05) is 5.32 Å². The minimum Gasteiger partial charge on any atom is -0.373 e. The molecule has 1 unspecified atom stereocenters. The van der Waals surface area contributed by atoms with Gasteiger partial charge in [-0.15, -0.1) is 0 Å². The number of aldehydes is 1. The highest BCUT2D eigenvalue weighted by atomic mass is 16.3. The van der Waals surface area contributed by atoms with Gasteiger partial charge in [-0.1, -0.05) is 48.5 Å². The third kappa shape index (κ3) is 2.60. The zero-order valence-corrected chi connectivity index (χ0v) is 11.0. The first-order valence-corrected chi connectivity index (χ1v) is 6.19. The first-order chi connectivity index (χ1) is 9.58. The summed E-state index contributed by atoms with van der Waals surface area (Å²) in [7, 11) is 0. The van der Waals surface area contributed by atoms with Crippen molar-refractivity contribution < 1.29 is 14.7 Å². The Hall–Kier alpha value is -2.46. The van der Waals surface area contributed by atoms with Crippen molar-refractivity contribution >= 4 is 17.9 Å². The molecule has 4 nitrogen and oxygen atoms in total. The van der Waals surface area contributed by atoms with Crippen molar-refractivity contribution in [3.8, 4) is 0 Å². The zero-order valence-electron chi connectivity index (χ0n) is 11.0. The Bertz CT molecular complexity index is 625. The Morgan fingerprint density at radius 2 is 1.70 bits per heavy atom. The van der Waals surface area contributed by atoms with Crippen LogP contribution in [0.1, 0.15) is 18.1 Å². The summed E-state index contributed by atoms with van der Waals surface area (Å²) >= 11 is 0. The minimum atomic E-state index is -1.79. The molecule has 102 valence electrons. The molecule has 0 aliphatic carbocycles. The summed E-state index contributed by atoms with van der Waals surface area (Å²) in [5.74, 6) is -0.265. The third-order valence-corrected chi connectivity index (χ3v) is 3.03. The molecule has 0 radical (unpaired) electrons. The molecule has 2 aromatic rings. The van der Waals surface area contributed by atoms with Crippen LogP contribution in [0.15, 0.2) is 54.6 Å². The molecular weight excluding hydrogens is 254 g/mol. The minimum absolute atomic E-state index is 0.265. The average molecular weight is 269 g/mol. The van der Waals surface area contributed by atoms with Gasteiger partial charge in [0.1, 0.15) is 0 Å². The van der Waals surface area contributed by atoms with Gasteiger partial charge in [-0.25, -0.2) is 0 Å². The number of anilines is 1. The Kier molecular flexibility index (Phi) is 3.96. The average Bonchev–Trinajstić information content (AvgIpc) is 2.47. The van der Waals surface area contributed by atoms with E-state index in [9.17, 15) is 14.7 Å². The maximum Gasteiger partial charge on any atom is 0.221 e. The number of amides is 1. The van der Waals surface area contributed by atoms with Gasteiger partial charge in [0.25, 0.3) is 0 Å². The molecule has 0 aliphatic rings. The fourth-order valence-corrected chi connectivity index (χ4v) is 2.09. The fourth-order valence-electron chi connectivity index (χ4n) is 2.09. The summed E-state index contributed by atoms with van der Waals surface area (Å²) < 4.78 is 0. The van der Waals surface area contributed by atoms with Crippen molar-refractivity contribution in [3.05, 3.63) is 65.7 Å². The van der Waals surface area contributed by atoms with Crippen LogP contribution in [0.5, 0.6) is 0 Å². The maximum atomic E-state index is 11.5. The predicted molar refractivity (Wildman–Crippen MR) is 76.3 cm³/mol. The molecule has 20 heavy (non-hydrogen) atoms. The van der Waals surface area contributed by atoms with E-state index in [0.29, 0.717) is 23.1 Å². The molecule has 0 bridgehead atoms. The van der Waals surface area contributed by atoms with Gasteiger partial charge in [-0.3, -0.25) is 9.59 Å². The van der Waals surface area contributed by atoms with Crippen molar-refractivity contribution in [3.63, 3.8) is 0 Å². The molecule has 1 atom stereocenters. The van der Waals surface area contributed by atoms with Crippen molar-refractivity contribution in [1.82, 2.24) is 0 Å². The highest BCUT2D eigenvalue weighted by molar-refractivity contribution is 5.91. The molecule has 1 amide bonds. The van der Waals surface area contributed by atoms with Crippen molar-refractivity contribution in [2.45, 2.75) is 12.5 Å². The van der Waals surface area contributed by atoms with Gasteiger partial charge in [0.15, 0.2) is 11.9 Å². The lowest BCUT2D eigenvalue weighted by Gasteiger charge is -2.25. The fraction of sp³-hybridized carbons (Fsp3) is 0.125. The summed E-state index contributed by atoms with van der Waals surface area (Å²) in [6, 6.07) is 15.3. The van der Waals surface area contributed by atoms with E-state index < -0.39 is 5.60 Å². The van der Waals surface area contributed by atoms with Crippen LogP contribution in [0.4, 0.5) is 5.69 Å². The summed E-state index contributed by atoms with van der Waals surface area (Å²) in [6.07, 6.45) is 0.475. The van der Waals surface area contributed by atoms with E-state index >= 15 is 0 Å². The van der Waals surface area contributed by atoms with Gasteiger partial charge in [0.2, 0.25) is 5.91 Å². The maximum absolute atomic E-state index is 11.5. The number of rotatable bonds is 4. The Balaban J connectivity index is 2.57. The summed E-state index contributed by atoms with van der Waals surface area (Å²) in [6.45, 7) is 1.37. The summed E-state index contributed by atoms with van der Waals surface area (Å²) in [5.41, 5.74) is -0.581. The van der Waals surface area contributed by atoms with Gasteiger partial charge in [0.05, 0.1) is 0 Å². The van der Waals surface area contributed by atoms with Crippen LogP contribution in [0.25, 0.3) is 0 Å². The first kappa shape index (κ1) is 14.0. The normalized spacial score (nSPS) is 13.3. The van der Waals surface area contributed by atoms with Crippen LogP contribution < -0.4 is 5.32 Å². The molecule has 0 fully saturated rings. The van der Waals surface area contributed by atoms with Gasteiger partial charge in [-0.05, 0) is 11.6 Å². The molecule has 0 saturated carbocycles. The Morgan fingerprint density at radius 1 is 1.10 bits per heavy atom. The molecular formula is C16H15NO3. The summed E-state index contributed by atoms with van der Waals surface area (Å²) in [4.78, 5) is 22.7. The SMILES string of the molecule is CC(=O)Nc1ccccc1C(O)(C=O)c1ccccc1. The second kappa shape index (κ2) is 5.67. The number of para-hydroxylation sites is 1. The lowest BCUT2D eigenvalue weighted by Crippen LogP contribution is -2.30. The molecule has 0 spiro atoms. The predicted octanol–water partition coefficient (Wildman–Crippen LogP) is 2.08. The molecule has 2 rings (SSSR count). The third-order valence-electron chi connectivity index (χ3n) is 3.03. The van der Waals surface area contributed by atoms with E-state index in [1.54, 1.807) is 54.6 Å². The number of hydrogen-bond acceptors (Lipinski definition) is 3. The molecule has 2 N–H and O–H groups in total. The van der Waals surface area contributed by atoms with Crippen LogP contribution >= 0.6 is 0 Å². The quantitative estimate of drug-likeness (QED) is 0.835. The van der Waals surface area contributed by atoms with Gasteiger partial charge < -0.3 is 10.4 Å². The highest BCUT2D eigenvalue weighted by Crippen LogP contribution is 2.32. The lowest BCUT2D eigenvalue weighted by molar-refractivity contribution is -0.121. The lowest BCUT2D eigenvalue weighted by atomic mass is 9.86. The van der Waals surface area contributed by atoms with E-state index in [4.69, 9.17) is 0 Å². The summed E-state index contributed by atoms with van der Waals surface area (Å²) in [5, 5.41) is 13.4. The number of carbonyl (C=O) groups is 2. The highest BCUT2D eigenvalue weighted by Gasteiger charge is 2.33. The number of benzene rings is 2. The molecule has 2 aromatic carbocycles. The van der Waals surface area contributed by atoms with E-state index in [-0.39, 0.29) is 5.91 Å². The van der Waals surface area contributed by atoms with Crippen LogP contribution in [-0.4, -0.2) is 17.3 Å². The topological polar surface area (TPSA) is 66.4 Å². The number of nitrogens with one attached hydrogen (secondary N) is 1. The standard InChI is InChI=1S/C16H15NO3/c1-12(19)17-15-10-6-5-9-14(15)16(20,11-18)13-7-3-2-4-8-13/h2-11,20H,1H3,(H,17,19).